The highest BCUT2D eigenvalue weighted by molar-refractivity contribution is 7.99. The summed E-state index contributed by atoms with van der Waals surface area (Å²) in [6.07, 6.45) is 0. The molecule has 0 aliphatic rings. The van der Waals surface area contributed by atoms with Crippen LogP contribution in [0.3, 0.4) is 0 Å². The average Bonchev–Trinajstić information content (AvgIpc) is 2.48. The lowest BCUT2D eigenvalue weighted by Crippen LogP contribution is -2.12. The monoisotopic (exact) mass is 238 g/mol. The van der Waals surface area contributed by atoms with Crippen LogP contribution in [-0.4, -0.2) is 24.7 Å². The third kappa shape index (κ3) is 2.06. The maximum atomic E-state index is 11.1. The summed E-state index contributed by atoms with van der Waals surface area (Å²) < 4.78 is 1.40. The van der Waals surface area contributed by atoms with E-state index in [0.29, 0.717) is 21.8 Å². The molecular weight excluding hydrogens is 228 g/mol. The molecule has 0 fully saturated rings. The number of nitrogens with zero attached hydrogens (tertiary/aromatic N) is 4. The molecule has 0 radical (unpaired) electrons. The van der Waals surface area contributed by atoms with Gasteiger partial charge in [0.15, 0.2) is 5.16 Å². The Hall–Kier alpha value is -1.83. The molecule has 2 heterocycles. The number of aryl methyl sites for hydroxylation is 1. The summed E-state index contributed by atoms with van der Waals surface area (Å²) in [4.78, 5) is 19.3. The molecular formula is C8H10N6OS. The van der Waals surface area contributed by atoms with E-state index in [-0.39, 0.29) is 5.69 Å². The summed E-state index contributed by atoms with van der Waals surface area (Å²) in [5.41, 5.74) is 5.33. The summed E-state index contributed by atoms with van der Waals surface area (Å²) in [7, 11) is 1.63. The molecule has 0 aliphatic carbocycles. The average molecular weight is 238 g/mol. The molecule has 0 atom stereocenters. The van der Waals surface area contributed by atoms with Crippen LogP contribution < -0.4 is 11.4 Å². The fraction of sp³-hybridized carbons (Fsp3) is 0.250. The normalized spacial score (nSPS) is 10.6. The second-order valence-corrected chi connectivity index (χ2v) is 4.14. The van der Waals surface area contributed by atoms with E-state index in [1.54, 1.807) is 20.0 Å². The maximum Gasteiger partial charge on any atom is 0.343 e. The topological polar surface area (TPSA) is 102 Å². The van der Waals surface area contributed by atoms with Gasteiger partial charge in [0.05, 0.1) is 0 Å². The van der Waals surface area contributed by atoms with Crippen molar-refractivity contribution in [2.45, 2.75) is 17.1 Å². The maximum absolute atomic E-state index is 11.1. The summed E-state index contributed by atoms with van der Waals surface area (Å²) in [6, 6.07) is 1.64. The molecule has 0 aliphatic heterocycles. The van der Waals surface area contributed by atoms with Crippen molar-refractivity contribution in [2.24, 2.45) is 7.05 Å². The summed E-state index contributed by atoms with van der Waals surface area (Å²) in [5.74, 6) is 0.985. The van der Waals surface area contributed by atoms with Crippen molar-refractivity contribution in [2.75, 3.05) is 5.73 Å². The highest BCUT2D eigenvalue weighted by Crippen LogP contribution is 2.23. The first-order valence-corrected chi connectivity index (χ1v) is 5.28. The Morgan fingerprint density at radius 1 is 1.50 bits per heavy atom. The minimum atomic E-state index is -0.263. The van der Waals surface area contributed by atoms with Gasteiger partial charge in [-0.15, -0.1) is 5.10 Å². The lowest BCUT2D eigenvalue weighted by atomic mass is 10.5. The Morgan fingerprint density at radius 3 is 2.81 bits per heavy atom. The SMILES string of the molecule is Cc1nc(N)cc(Sc2n[nH]c(=O)n2C)n1. The molecule has 8 heteroatoms. The Balaban J connectivity index is 2.34. The summed E-state index contributed by atoms with van der Waals surface area (Å²) in [6.45, 7) is 1.75. The van der Waals surface area contributed by atoms with Crippen LogP contribution in [0.25, 0.3) is 0 Å². The standard InChI is InChI=1S/C8H10N6OS/c1-4-10-5(9)3-6(11-4)16-8-13-12-7(15)14(8)2/h3H,1-2H3,(H,12,15)(H2,9,10,11). The van der Waals surface area contributed by atoms with Gasteiger partial charge in [0.25, 0.3) is 0 Å². The predicted octanol–water partition coefficient (Wildman–Crippen LogP) is -0.0598. The number of hydrogen-bond donors (Lipinski definition) is 2. The minimum Gasteiger partial charge on any atom is -0.384 e. The smallest absolute Gasteiger partial charge is 0.343 e. The van der Waals surface area contributed by atoms with Crippen LogP contribution in [0.15, 0.2) is 21.0 Å². The van der Waals surface area contributed by atoms with E-state index in [2.05, 4.69) is 20.2 Å². The van der Waals surface area contributed by atoms with Crippen LogP contribution in [0.2, 0.25) is 0 Å². The van der Waals surface area contributed by atoms with E-state index in [1.165, 1.54) is 16.3 Å². The second kappa shape index (κ2) is 3.97. The number of rotatable bonds is 2. The number of aromatic nitrogens is 5. The molecule has 0 bridgehead atoms. The van der Waals surface area contributed by atoms with E-state index in [0.717, 1.165) is 0 Å². The minimum absolute atomic E-state index is 0.263. The zero-order chi connectivity index (χ0) is 11.7. The molecule has 0 unspecified atom stereocenters. The Morgan fingerprint density at radius 2 is 2.25 bits per heavy atom. The predicted molar refractivity (Wildman–Crippen MR) is 59.1 cm³/mol. The molecule has 0 spiro atoms. The second-order valence-electron chi connectivity index (χ2n) is 3.15. The van der Waals surface area contributed by atoms with Gasteiger partial charge in [0, 0.05) is 13.1 Å². The lowest BCUT2D eigenvalue weighted by Gasteiger charge is -2.01. The lowest BCUT2D eigenvalue weighted by molar-refractivity contribution is 0.764. The van der Waals surface area contributed by atoms with Crippen molar-refractivity contribution >= 4 is 17.6 Å². The number of nitrogens with one attached hydrogen (secondary N) is 1. The van der Waals surface area contributed by atoms with Gasteiger partial charge < -0.3 is 5.73 Å². The van der Waals surface area contributed by atoms with E-state index in [9.17, 15) is 4.79 Å². The molecule has 7 nitrogen and oxygen atoms in total. The molecule has 84 valence electrons. The van der Waals surface area contributed by atoms with Gasteiger partial charge in [-0.05, 0) is 18.7 Å². The molecule has 16 heavy (non-hydrogen) atoms. The third-order valence-corrected chi connectivity index (χ3v) is 2.83. The van der Waals surface area contributed by atoms with Crippen LogP contribution in [-0.2, 0) is 7.05 Å². The fourth-order valence-electron chi connectivity index (χ4n) is 1.13. The van der Waals surface area contributed by atoms with Gasteiger partial charge in [-0.3, -0.25) is 4.57 Å². The van der Waals surface area contributed by atoms with E-state index < -0.39 is 0 Å². The Labute approximate surface area is 95.1 Å². The number of anilines is 1. The highest BCUT2D eigenvalue weighted by Gasteiger charge is 2.08. The van der Waals surface area contributed by atoms with Crippen molar-refractivity contribution in [1.29, 1.82) is 0 Å². The van der Waals surface area contributed by atoms with Crippen molar-refractivity contribution < 1.29 is 0 Å². The first-order chi connectivity index (χ1) is 7.56. The molecule has 3 N–H and O–H groups in total. The van der Waals surface area contributed by atoms with Gasteiger partial charge in [-0.25, -0.2) is 19.9 Å². The number of H-pyrrole nitrogens is 1. The summed E-state index contributed by atoms with van der Waals surface area (Å²) in [5, 5.41) is 7.39. The van der Waals surface area contributed by atoms with Crippen LogP contribution in [0.4, 0.5) is 5.82 Å². The van der Waals surface area contributed by atoms with Crippen LogP contribution in [0, 0.1) is 6.92 Å². The third-order valence-electron chi connectivity index (χ3n) is 1.87. The van der Waals surface area contributed by atoms with Crippen molar-refractivity contribution in [3.8, 4) is 0 Å². The molecule has 0 aromatic carbocycles. The van der Waals surface area contributed by atoms with Crippen LogP contribution in [0.1, 0.15) is 5.82 Å². The number of nitrogen functional groups attached to an aromatic ring is 1. The van der Waals surface area contributed by atoms with Gasteiger partial charge in [0.1, 0.15) is 16.7 Å². The fourth-order valence-corrected chi connectivity index (χ4v) is 1.99. The Kier molecular flexibility index (Phi) is 2.65. The molecule has 0 saturated carbocycles. The first-order valence-electron chi connectivity index (χ1n) is 4.46. The van der Waals surface area contributed by atoms with Gasteiger partial charge in [-0.2, -0.15) is 0 Å². The first kappa shape index (κ1) is 10.7. The molecule has 2 aromatic heterocycles. The van der Waals surface area contributed by atoms with Crippen molar-refractivity contribution in [1.82, 2.24) is 24.7 Å². The van der Waals surface area contributed by atoms with Crippen LogP contribution in [0.5, 0.6) is 0 Å². The molecule has 0 amide bonds. The van der Waals surface area contributed by atoms with Crippen molar-refractivity contribution in [3.63, 3.8) is 0 Å². The van der Waals surface area contributed by atoms with E-state index in [4.69, 9.17) is 5.73 Å². The zero-order valence-electron chi connectivity index (χ0n) is 8.76. The number of nitrogens with two attached hydrogens (primary N) is 1. The highest BCUT2D eigenvalue weighted by atomic mass is 32.2. The van der Waals surface area contributed by atoms with Crippen molar-refractivity contribution in [3.05, 3.63) is 22.4 Å². The zero-order valence-corrected chi connectivity index (χ0v) is 9.58. The largest absolute Gasteiger partial charge is 0.384 e. The quantitative estimate of drug-likeness (QED) is 0.710. The van der Waals surface area contributed by atoms with E-state index >= 15 is 0 Å². The molecule has 2 aromatic rings. The van der Waals surface area contributed by atoms with E-state index in [1.807, 2.05) is 0 Å². The Bertz CT molecular complexity index is 554. The van der Waals surface area contributed by atoms with Gasteiger partial charge in [0.2, 0.25) is 0 Å². The number of hydrogen-bond acceptors (Lipinski definition) is 6. The number of aromatic amines is 1. The van der Waals surface area contributed by atoms with Gasteiger partial charge >= 0.3 is 5.69 Å². The molecule has 0 saturated heterocycles. The van der Waals surface area contributed by atoms with Gasteiger partial charge in [-0.1, -0.05) is 0 Å². The summed E-state index contributed by atoms with van der Waals surface area (Å²) >= 11 is 1.25. The molecule has 2 rings (SSSR count). The van der Waals surface area contributed by atoms with Crippen LogP contribution >= 0.6 is 11.8 Å².